The van der Waals surface area contributed by atoms with Crippen molar-refractivity contribution in [1.29, 1.82) is 0 Å². The van der Waals surface area contributed by atoms with Crippen LogP contribution in [-0.2, 0) is 15.6 Å². The minimum absolute atomic E-state index is 0.252. The van der Waals surface area contributed by atoms with Gasteiger partial charge in [0, 0.05) is 6.08 Å². The van der Waals surface area contributed by atoms with Crippen molar-refractivity contribution in [2.45, 2.75) is 77.6 Å². The van der Waals surface area contributed by atoms with Crippen LogP contribution in [0.25, 0.3) is 0 Å². The molecule has 0 radical (unpaired) electrons. The Bertz CT molecular complexity index is 795. The first-order valence-corrected chi connectivity index (χ1v) is 10.3. The molecule has 1 aromatic rings. The van der Waals surface area contributed by atoms with E-state index >= 15 is 0 Å². The van der Waals surface area contributed by atoms with Gasteiger partial charge in [0.25, 0.3) is 0 Å². The SMILES string of the molecule is CC(/C=C/[C@H]1CC1[C@H](C)c1ccc2c(c1)C(C)(C)CCC2(C)C)=C\C(=O)O. The smallest absolute Gasteiger partial charge is 0.328 e. The third-order valence-electron chi connectivity index (χ3n) is 6.89. The Labute approximate surface area is 164 Å². The van der Waals surface area contributed by atoms with Crippen LogP contribution in [-0.4, -0.2) is 11.1 Å². The minimum atomic E-state index is -0.877. The van der Waals surface area contributed by atoms with Gasteiger partial charge in [0.05, 0.1) is 0 Å². The van der Waals surface area contributed by atoms with Crippen LogP contribution in [0.5, 0.6) is 0 Å². The van der Waals surface area contributed by atoms with Gasteiger partial charge in [-0.25, -0.2) is 4.79 Å². The van der Waals surface area contributed by atoms with Crippen molar-refractivity contribution < 1.29 is 9.90 Å². The van der Waals surface area contributed by atoms with Gasteiger partial charge in [-0.2, -0.15) is 0 Å². The number of carboxylic acid groups (broad SMARTS) is 1. The van der Waals surface area contributed by atoms with Crippen molar-refractivity contribution in [3.8, 4) is 0 Å². The molecule has 2 aliphatic rings. The van der Waals surface area contributed by atoms with Gasteiger partial charge in [0.15, 0.2) is 0 Å². The first-order valence-electron chi connectivity index (χ1n) is 10.3. The van der Waals surface area contributed by atoms with E-state index in [1.54, 1.807) is 0 Å². The maximum atomic E-state index is 10.7. The summed E-state index contributed by atoms with van der Waals surface area (Å²) in [6.07, 6.45) is 9.12. The molecule has 2 aliphatic carbocycles. The van der Waals surface area contributed by atoms with E-state index in [2.05, 4.69) is 58.9 Å². The number of carbonyl (C=O) groups is 1. The number of carboxylic acids is 1. The molecule has 2 nitrogen and oxygen atoms in total. The van der Waals surface area contributed by atoms with Crippen LogP contribution < -0.4 is 0 Å². The second-order valence-corrected chi connectivity index (χ2v) is 10.0. The predicted molar refractivity (Wildman–Crippen MR) is 112 cm³/mol. The molecule has 2 heteroatoms. The summed E-state index contributed by atoms with van der Waals surface area (Å²) in [7, 11) is 0. The Morgan fingerprint density at radius 2 is 1.78 bits per heavy atom. The Kier molecular flexibility index (Phi) is 5.14. The van der Waals surface area contributed by atoms with Crippen molar-refractivity contribution in [1.82, 2.24) is 0 Å². The molecule has 1 unspecified atom stereocenters. The highest BCUT2D eigenvalue weighted by atomic mass is 16.4. The van der Waals surface area contributed by atoms with Gasteiger partial charge in [0.1, 0.15) is 0 Å². The van der Waals surface area contributed by atoms with Gasteiger partial charge in [0.2, 0.25) is 0 Å². The van der Waals surface area contributed by atoms with Gasteiger partial charge in [-0.3, -0.25) is 0 Å². The van der Waals surface area contributed by atoms with E-state index in [4.69, 9.17) is 5.11 Å². The second kappa shape index (κ2) is 6.96. The molecule has 0 amide bonds. The molecular formula is C25H34O2. The zero-order chi connectivity index (χ0) is 20.0. The topological polar surface area (TPSA) is 37.3 Å². The number of rotatable bonds is 5. The van der Waals surface area contributed by atoms with Crippen LogP contribution in [0, 0.1) is 11.8 Å². The lowest BCUT2D eigenvalue weighted by Gasteiger charge is -2.42. The molecule has 3 atom stereocenters. The Balaban J connectivity index is 1.77. The summed E-state index contributed by atoms with van der Waals surface area (Å²) in [6, 6.07) is 7.21. The quantitative estimate of drug-likeness (QED) is 0.486. The van der Waals surface area contributed by atoms with Crippen LogP contribution in [0.15, 0.2) is 42.0 Å². The van der Waals surface area contributed by atoms with E-state index in [-0.39, 0.29) is 10.8 Å². The molecule has 1 N–H and O–H groups in total. The lowest BCUT2D eigenvalue weighted by molar-refractivity contribution is -0.131. The molecular weight excluding hydrogens is 332 g/mol. The van der Waals surface area contributed by atoms with Crippen molar-refractivity contribution >= 4 is 5.97 Å². The maximum Gasteiger partial charge on any atom is 0.328 e. The van der Waals surface area contributed by atoms with E-state index in [0.29, 0.717) is 17.8 Å². The number of hydrogen-bond donors (Lipinski definition) is 1. The molecule has 0 aliphatic heterocycles. The first-order chi connectivity index (χ1) is 12.5. The maximum absolute atomic E-state index is 10.7. The Hall–Kier alpha value is -1.83. The molecule has 146 valence electrons. The summed E-state index contributed by atoms with van der Waals surface area (Å²) < 4.78 is 0. The highest BCUT2D eigenvalue weighted by Gasteiger charge is 2.41. The number of hydrogen-bond acceptors (Lipinski definition) is 1. The van der Waals surface area contributed by atoms with Gasteiger partial charge >= 0.3 is 5.97 Å². The zero-order valence-electron chi connectivity index (χ0n) is 17.7. The summed E-state index contributed by atoms with van der Waals surface area (Å²) in [5.74, 6) is 0.890. The van der Waals surface area contributed by atoms with Crippen molar-refractivity contribution in [3.05, 3.63) is 58.7 Å². The van der Waals surface area contributed by atoms with Gasteiger partial charge in [-0.15, -0.1) is 0 Å². The highest BCUT2D eigenvalue weighted by molar-refractivity contribution is 5.81. The van der Waals surface area contributed by atoms with Crippen LogP contribution in [0.1, 0.15) is 83.4 Å². The summed E-state index contributed by atoms with van der Waals surface area (Å²) in [4.78, 5) is 10.7. The second-order valence-electron chi connectivity index (χ2n) is 10.0. The lowest BCUT2D eigenvalue weighted by atomic mass is 9.62. The lowest BCUT2D eigenvalue weighted by Crippen LogP contribution is -2.34. The molecule has 0 aromatic heterocycles. The average molecular weight is 367 g/mol. The molecule has 1 saturated carbocycles. The number of benzene rings is 1. The highest BCUT2D eigenvalue weighted by Crippen LogP contribution is 2.51. The predicted octanol–water partition coefficient (Wildman–Crippen LogP) is 6.36. The van der Waals surface area contributed by atoms with Crippen molar-refractivity contribution in [2.75, 3.05) is 0 Å². The molecule has 1 fully saturated rings. The summed E-state index contributed by atoms with van der Waals surface area (Å²) in [5, 5.41) is 8.82. The van der Waals surface area contributed by atoms with E-state index in [1.807, 2.05) is 13.0 Å². The summed E-state index contributed by atoms with van der Waals surface area (Å²) >= 11 is 0. The van der Waals surface area contributed by atoms with Crippen LogP contribution in [0.2, 0.25) is 0 Å². The van der Waals surface area contributed by atoms with E-state index < -0.39 is 5.97 Å². The number of allylic oxidation sites excluding steroid dienone is 3. The minimum Gasteiger partial charge on any atom is -0.478 e. The molecule has 0 heterocycles. The van der Waals surface area contributed by atoms with Crippen molar-refractivity contribution in [2.24, 2.45) is 11.8 Å². The molecule has 0 saturated heterocycles. The summed E-state index contributed by atoms with van der Waals surface area (Å²) in [5.41, 5.74) is 5.84. The third kappa shape index (κ3) is 4.20. The molecule has 27 heavy (non-hydrogen) atoms. The third-order valence-corrected chi connectivity index (χ3v) is 6.89. The molecule has 1 aromatic carbocycles. The fraction of sp³-hybridized carbons (Fsp3) is 0.560. The number of aliphatic carboxylic acids is 1. The Morgan fingerprint density at radius 1 is 1.15 bits per heavy atom. The van der Waals surface area contributed by atoms with Gasteiger partial charge in [-0.1, -0.05) is 65.0 Å². The number of fused-ring (bicyclic) bond motifs is 1. The van der Waals surface area contributed by atoms with E-state index in [1.165, 1.54) is 42.0 Å². The molecule has 0 bridgehead atoms. The fourth-order valence-electron chi connectivity index (χ4n) is 4.69. The normalized spacial score (nSPS) is 27.3. The van der Waals surface area contributed by atoms with Gasteiger partial charge < -0.3 is 5.11 Å². The Morgan fingerprint density at radius 3 is 2.41 bits per heavy atom. The van der Waals surface area contributed by atoms with E-state index in [0.717, 1.165) is 5.57 Å². The van der Waals surface area contributed by atoms with E-state index in [9.17, 15) is 4.79 Å². The molecule has 3 rings (SSSR count). The van der Waals surface area contributed by atoms with Gasteiger partial charge in [-0.05, 0) is 77.0 Å². The van der Waals surface area contributed by atoms with Crippen LogP contribution in [0.3, 0.4) is 0 Å². The van der Waals surface area contributed by atoms with Crippen LogP contribution >= 0.6 is 0 Å². The zero-order valence-corrected chi connectivity index (χ0v) is 17.7. The summed E-state index contributed by atoms with van der Waals surface area (Å²) in [6.45, 7) is 13.7. The molecule has 0 spiro atoms. The average Bonchev–Trinajstić information content (AvgIpc) is 3.35. The van der Waals surface area contributed by atoms with Crippen molar-refractivity contribution in [3.63, 3.8) is 0 Å². The monoisotopic (exact) mass is 366 g/mol. The largest absolute Gasteiger partial charge is 0.478 e. The standard InChI is InChI=1S/C25H34O2/c1-16(13-23(26)27)7-8-19-14-20(19)17(2)18-9-10-21-22(15-18)25(5,6)12-11-24(21,3)4/h7-10,13,15,17,19-20H,11-12,14H2,1-6H3,(H,26,27)/b8-7+,16-13+/t17-,19+,20?/m1/s1. The van der Waals surface area contributed by atoms with Crippen LogP contribution in [0.4, 0.5) is 0 Å². The first kappa shape index (κ1) is 19.9. The fourth-order valence-corrected chi connectivity index (χ4v) is 4.69.